The minimum atomic E-state index is -0.0677. The van der Waals surface area contributed by atoms with E-state index in [0.717, 1.165) is 24.0 Å². The summed E-state index contributed by atoms with van der Waals surface area (Å²) in [6, 6.07) is 6.81. The van der Waals surface area contributed by atoms with Gasteiger partial charge in [-0.25, -0.2) is 0 Å². The summed E-state index contributed by atoms with van der Waals surface area (Å²) in [6.45, 7) is 9.35. The molecule has 0 spiro atoms. The smallest absolute Gasteiger partial charge is 0.191 e. The number of hydrogen-bond acceptors (Lipinski definition) is 3. The molecular formula is C18H28IN3O2. The van der Waals surface area contributed by atoms with Crippen LogP contribution in [0.3, 0.4) is 0 Å². The molecule has 134 valence electrons. The van der Waals surface area contributed by atoms with Gasteiger partial charge in [0.1, 0.15) is 13.2 Å². The first kappa shape index (κ1) is 19.1. The van der Waals surface area contributed by atoms with E-state index in [0.29, 0.717) is 25.8 Å². The van der Waals surface area contributed by atoms with E-state index in [1.807, 2.05) is 6.07 Å². The second kappa shape index (κ2) is 8.27. The number of nitrogens with zero attached hydrogens (tertiary/aromatic N) is 1. The van der Waals surface area contributed by atoms with Gasteiger partial charge in [0.15, 0.2) is 17.5 Å². The Morgan fingerprint density at radius 3 is 2.58 bits per heavy atom. The Kier molecular flexibility index (Phi) is 6.60. The molecular weight excluding hydrogens is 417 g/mol. The largest absolute Gasteiger partial charge is 0.486 e. The van der Waals surface area contributed by atoms with Gasteiger partial charge in [0.05, 0.1) is 6.54 Å². The van der Waals surface area contributed by atoms with Crippen LogP contribution in [0.4, 0.5) is 0 Å². The fourth-order valence-electron chi connectivity index (χ4n) is 2.57. The van der Waals surface area contributed by atoms with Crippen molar-refractivity contribution >= 4 is 29.9 Å². The van der Waals surface area contributed by atoms with E-state index in [9.17, 15) is 0 Å². The summed E-state index contributed by atoms with van der Waals surface area (Å²) in [5, 5.41) is 6.78. The highest BCUT2D eigenvalue weighted by molar-refractivity contribution is 14.0. The molecule has 1 aliphatic carbocycles. The summed E-state index contributed by atoms with van der Waals surface area (Å²) in [5.74, 6) is 2.59. The Morgan fingerprint density at radius 2 is 1.92 bits per heavy atom. The van der Waals surface area contributed by atoms with Gasteiger partial charge >= 0.3 is 0 Å². The van der Waals surface area contributed by atoms with Crippen molar-refractivity contribution in [3.8, 4) is 11.5 Å². The summed E-state index contributed by atoms with van der Waals surface area (Å²) in [4.78, 5) is 4.78. The molecule has 2 aliphatic rings. The lowest BCUT2D eigenvalue weighted by Gasteiger charge is -2.26. The zero-order valence-corrected chi connectivity index (χ0v) is 17.1. The summed E-state index contributed by atoms with van der Waals surface area (Å²) < 4.78 is 11.3. The maximum Gasteiger partial charge on any atom is 0.191 e. The Labute approximate surface area is 161 Å². The third kappa shape index (κ3) is 4.91. The second-order valence-corrected chi connectivity index (χ2v) is 6.86. The Hall–Kier alpha value is -1.18. The van der Waals surface area contributed by atoms with Gasteiger partial charge in [0, 0.05) is 18.0 Å². The lowest BCUT2D eigenvalue weighted by Crippen LogP contribution is -2.39. The maximum absolute atomic E-state index is 5.70. The average molecular weight is 445 g/mol. The van der Waals surface area contributed by atoms with E-state index in [4.69, 9.17) is 14.5 Å². The molecule has 1 aromatic carbocycles. The maximum atomic E-state index is 5.70. The van der Waals surface area contributed by atoms with Gasteiger partial charge in [-0.05, 0) is 37.5 Å². The number of hydrogen-bond donors (Lipinski definition) is 2. The summed E-state index contributed by atoms with van der Waals surface area (Å²) >= 11 is 0. The predicted octanol–water partition coefficient (Wildman–Crippen LogP) is 3.07. The lowest BCUT2D eigenvalue weighted by molar-refractivity contribution is 0.171. The summed E-state index contributed by atoms with van der Waals surface area (Å²) in [5.41, 5.74) is 1.15. The van der Waals surface area contributed by atoms with Crippen LogP contribution in [-0.4, -0.2) is 38.3 Å². The summed E-state index contributed by atoms with van der Waals surface area (Å²) in [7, 11) is 0. The van der Waals surface area contributed by atoms with Crippen LogP contribution in [0.15, 0.2) is 23.2 Å². The van der Waals surface area contributed by atoms with Crippen molar-refractivity contribution in [2.75, 3.05) is 26.3 Å². The third-order valence-corrected chi connectivity index (χ3v) is 4.22. The first-order valence-electron chi connectivity index (χ1n) is 8.53. The predicted molar refractivity (Wildman–Crippen MR) is 108 cm³/mol. The van der Waals surface area contributed by atoms with Gasteiger partial charge in [-0.15, -0.1) is 24.0 Å². The van der Waals surface area contributed by atoms with E-state index < -0.39 is 0 Å². The Morgan fingerprint density at radius 1 is 1.21 bits per heavy atom. The molecule has 1 aliphatic heterocycles. The number of aliphatic imine (C=N–C) groups is 1. The monoisotopic (exact) mass is 445 g/mol. The van der Waals surface area contributed by atoms with E-state index in [1.54, 1.807) is 0 Å². The highest BCUT2D eigenvalue weighted by Gasteiger charge is 2.25. The molecule has 0 bridgehead atoms. The van der Waals surface area contributed by atoms with Crippen LogP contribution in [0.5, 0.6) is 11.5 Å². The van der Waals surface area contributed by atoms with Gasteiger partial charge in [-0.2, -0.15) is 0 Å². The zero-order valence-electron chi connectivity index (χ0n) is 14.7. The van der Waals surface area contributed by atoms with Crippen LogP contribution in [0.2, 0.25) is 0 Å². The number of rotatable bonds is 5. The van der Waals surface area contributed by atoms with E-state index in [-0.39, 0.29) is 29.4 Å². The van der Waals surface area contributed by atoms with Crippen LogP contribution in [0, 0.1) is 0 Å². The number of benzene rings is 1. The Bertz CT molecular complexity index is 586. The summed E-state index contributed by atoms with van der Waals surface area (Å²) in [6.07, 6.45) is 2.49. The third-order valence-electron chi connectivity index (χ3n) is 4.22. The molecule has 0 saturated heterocycles. The molecule has 3 rings (SSSR count). The number of fused-ring (bicyclic) bond motifs is 1. The number of ether oxygens (including phenoxy) is 2. The number of halogens is 1. The van der Waals surface area contributed by atoms with Gasteiger partial charge < -0.3 is 20.1 Å². The number of nitrogens with one attached hydrogen (secondary N) is 2. The van der Waals surface area contributed by atoms with Crippen LogP contribution < -0.4 is 20.1 Å². The highest BCUT2D eigenvalue weighted by atomic mass is 127. The molecule has 0 amide bonds. The van der Waals surface area contributed by atoms with Crippen molar-refractivity contribution in [2.24, 2.45) is 4.99 Å². The van der Waals surface area contributed by atoms with Crippen molar-refractivity contribution in [2.45, 2.75) is 45.1 Å². The fourth-order valence-corrected chi connectivity index (χ4v) is 2.57. The zero-order chi connectivity index (χ0) is 16.3. The minimum Gasteiger partial charge on any atom is -0.486 e. The molecule has 1 heterocycles. The normalized spacial score (nSPS) is 17.0. The van der Waals surface area contributed by atoms with Crippen molar-refractivity contribution < 1.29 is 9.47 Å². The molecule has 1 saturated carbocycles. The SMILES string of the molecule is CCNC(=NCC(C)(C)c1ccc2c(c1)OCCO2)NC1CC1.I. The molecule has 0 atom stereocenters. The van der Waals surface area contributed by atoms with E-state index in [1.165, 1.54) is 18.4 Å². The lowest BCUT2D eigenvalue weighted by atomic mass is 9.84. The second-order valence-electron chi connectivity index (χ2n) is 6.86. The van der Waals surface area contributed by atoms with Gasteiger partial charge in [0.2, 0.25) is 0 Å². The molecule has 6 heteroatoms. The first-order chi connectivity index (χ1) is 11.1. The molecule has 0 radical (unpaired) electrons. The minimum absolute atomic E-state index is 0. The number of guanidine groups is 1. The van der Waals surface area contributed by atoms with Crippen molar-refractivity contribution in [1.29, 1.82) is 0 Å². The van der Waals surface area contributed by atoms with Gasteiger partial charge in [-0.1, -0.05) is 19.9 Å². The van der Waals surface area contributed by atoms with E-state index in [2.05, 4.69) is 43.5 Å². The van der Waals surface area contributed by atoms with Crippen LogP contribution >= 0.6 is 24.0 Å². The van der Waals surface area contributed by atoms with Gasteiger partial charge in [0.25, 0.3) is 0 Å². The Balaban J connectivity index is 0.00000208. The topological polar surface area (TPSA) is 54.9 Å². The fraction of sp³-hybridized carbons (Fsp3) is 0.611. The van der Waals surface area contributed by atoms with Crippen molar-refractivity contribution in [3.05, 3.63) is 23.8 Å². The van der Waals surface area contributed by atoms with Crippen molar-refractivity contribution in [3.63, 3.8) is 0 Å². The average Bonchev–Trinajstić information content (AvgIpc) is 3.36. The quantitative estimate of drug-likeness (QED) is 0.416. The van der Waals surface area contributed by atoms with Gasteiger partial charge in [-0.3, -0.25) is 4.99 Å². The molecule has 1 aromatic rings. The first-order valence-corrected chi connectivity index (χ1v) is 8.53. The molecule has 2 N–H and O–H groups in total. The van der Waals surface area contributed by atoms with Crippen LogP contribution in [0.25, 0.3) is 0 Å². The molecule has 24 heavy (non-hydrogen) atoms. The molecule has 0 unspecified atom stereocenters. The molecule has 0 aromatic heterocycles. The molecule has 5 nitrogen and oxygen atoms in total. The van der Waals surface area contributed by atoms with E-state index >= 15 is 0 Å². The van der Waals surface area contributed by atoms with Crippen molar-refractivity contribution in [1.82, 2.24) is 10.6 Å². The van der Waals surface area contributed by atoms with Crippen LogP contribution in [0.1, 0.15) is 39.2 Å². The highest BCUT2D eigenvalue weighted by Crippen LogP contribution is 2.35. The standard InChI is InChI=1S/C18H27N3O2.HI/c1-4-19-17(21-14-6-7-14)20-12-18(2,3)13-5-8-15-16(11-13)23-10-9-22-15;/h5,8,11,14H,4,6-7,9-10,12H2,1-3H3,(H2,19,20,21);1H. The van der Waals surface area contributed by atoms with Crippen LogP contribution in [-0.2, 0) is 5.41 Å². The molecule has 1 fully saturated rings.